The zero-order valence-corrected chi connectivity index (χ0v) is 30.4. The highest BCUT2D eigenvalue weighted by atomic mass is 16.4. The van der Waals surface area contributed by atoms with Gasteiger partial charge in [-0.05, 0) is 34.7 Å². The molecule has 0 aliphatic heterocycles. The van der Waals surface area contributed by atoms with E-state index in [0.717, 1.165) is 87.7 Å². The molecule has 0 N–H and O–H groups in total. The molecule has 0 amide bonds. The van der Waals surface area contributed by atoms with E-state index >= 15 is 0 Å². The fourth-order valence-electron chi connectivity index (χ4n) is 8.40. The van der Waals surface area contributed by atoms with Crippen molar-refractivity contribution in [2.45, 2.75) is 0 Å². The molecule has 0 saturated heterocycles. The maximum atomic E-state index is 6.81. The quantitative estimate of drug-likeness (QED) is 0.176. The first kappa shape index (κ1) is 31.5. The minimum Gasteiger partial charge on any atom is -0.422 e. The lowest BCUT2D eigenvalue weighted by atomic mass is 10.0. The summed E-state index contributed by atoms with van der Waals surface area (Å²) in [5.74, 6) is 1.69. The van der Waals surface area contributed by atoms with Crippen LogP contribution in [0.15, 0.2) is 186 Å². The largest absolute Gasteiger partial charge is 0.422 e. The van der Waals surface area contributed by atoms with Crippen molar-refractivity contribution < 1.29 is 4.42 Å². The topological polar surface area (TPSA) is 74.6 Å². The van der Waals surface area contributed by atoms with E-state index in [2.05, 4.69) is 137 Å². The molecule has 4 heterocycles. The molecule has 0 aliphatic rings. The minimum absolute atomic E-state index is 0.497. The zero-order chi connectivity index (χ0) is 37.5. The summed E-state index contributed by atoms with van der Waals surface area (Å²) in [5, 5.41) is 6.45. The molecule has 57 heavy (non-hydrogen) atoms. The van der Waals surface area contributed by atoms with Gasteiger partial charge in [0.25, 0.3) is 0 Å². The Morgan fingerprint density at radius 2 is 0.860 bits per heavy atom. The van der Waals surface area contributed by atoms with E-state index in [1.54, 1.807) is 0 Å². The maximum absolute atomic E-state index is 6.81. The number of aromatic nitrogens is 6. The van der Waals surface area contributed by atoms with Crippen LogP contribution in [-0.4, -0.2) is 29.1 Å². The van der Waals surface area contributed by atoms with Crippen molar-refractivity contribution in [2.24, 2.45) is 0 Å². The molecule has 12 aromatic rings. The van der Waals surface area contributed by atoms with E-state index < -0.39 is 0 Å². The first-order valence-corrected chi connectivity index (χ1v) is 19.0. The van der Waals surface area contributed by atoms with Crippen molar-refractivity contribution in [2.75, 3.05) is 0 Å². The molecule has 0 fully saturated rings. The number of rotatable bonds is 5. The Bertz CT molecular complexity index is 3510. The molecule has 12 rings (SSSR count). The molecule has 0 spiro atoms. The second-order valence-electron chi connectivity index (χ2n) is 14.3. The van der Waals surface area contributed by atoms with Crippen LogP contribution >= 0.6 is 0 Å². The summed E-state index contributed by atoms with van der Waals surface area (Å²) in [6.07, 6.45) is 0. The smallest absolute Gasteiger partial charge is 0.307 e. The van der Waals surface area contributed by atoms with Crippen LogP contribution in [0.3, 0.4) is 0 Å². The van der Waals surface area contributed by atoms with Gasteiger partial charge in [-0.3, -0.25) is 9.13 Å². The summed E-state index contributed by atoms with van der Waals surface area (Å²) < 4.78 is 11.2. The molecule has 0 bridgehead atoms. The van der Waals surface area contributed by atoms with Crippen LogP contribution < -0.4 is 0 Å². The van der Waals surface area contributed by atoms with Crippen molar-refractivity contribution in [3.8, 4) is 45.9 Å². The van der Waals surface area contributed by atoms with Gasteiger partial charge < -0.3 is 4.42 Å². The van der Waals surface area contributed by atoms with E-state index in [1.807, 2.05) is 54.6 Å². The molecule has 7 nitrogen and oxygen atoms in total. The van der Waals surface area contributed by atoms with Crippen LogP contribution in [0.1, 0.15) is 0 Å². The number of fused-ring (bicyclic) bond motifs is 10. The van der Waals surface area contributed by atoms with Gasteiger partial charge in [0.15, 0.2) is 17.2 Å². The van der Waals surface area contributed by atoms with Gasteiger partial charge >= 0.3 is 6.01 Å². The summed E-state index contributed by atoms with van der Waals surface area (Å²) in [5.41, 5.74) is 9.53. The molecule has 7 heteroatoms. The maximum Gasteiger partial charge on any atom is 0.307 e. The van der Waals surface area contributed by atoms with Gasteiger partial charge in [0.1, 0.15) is 5.52 Å². The second kappa shape index (κ2) is 12.3. The highest BCUT2D eigenvalue weighted by Gasteiger charge is 2.25. The van der Waals surface area contributed by atoms with Gasteiger partial charge in [-0.2, -0.15) is 15.0 Å². The molecule has 0 saturated carbocycles. The Morgan fingerprint density at radius 3 is 1.54 bits per heavy atom. The summed E-state index contributed by atoms with van der Waals surface area (Å²) in [6, 6.07) is 63.2. The predicted molar refractivity (Wildman–Crippen MR) is 230 cm³/mol. The number of nitrogens with zero attached hydrogens (tertiary/aromatic N) is 6. The number of para-hydroxylation sites is 2. The van der Waals surface area contributed by atoms with Crippen LogP contribution in [0.25, 0.3) is 111 Å². The van der Waals surface area contributed by atoms with Crippen LogP contribution in [0.4, 0.5) is 0 Å². The lowest BCUT2D eigenvalue weighted by molar-refractivity contribution is 0.577. The van der Waals surface area contributed by atoms with Crippen molar-refractivity contribution in [1.29, 1.82) is 0 Å². The Balaban J connectivity index is 1.18. The first-order valence-electron chi connectivity index (χ1n) is 19.0. The van der Waals surface area contributed by atoms with Crippen molar-refractivity contribution in [3.05, 3.63) is 182 Å². The number of hydrogen-bond donors (Lipinski definition) is 0. The summed E-state index contributed by atoms with van der Waals surface area (Å²) >= 11 is 0. The normalized spacial score (nSPS) is 11.9. The Kier molecular flexibility index (Phi) is 6.79. The van der Waals surface area contributed by atoms with Crippen LogP contribution in [0, 0.1) is 0 Å². The molecule has 8 aromatic carbocycles. The Hall–Kier alpha value is -7.90. The highest BCUT2D eigenvalue weighted by molar-refractivity contribution is 6.23. The van der Waals surface area contributed by atoms with E-state index in [9.17, 15) is 0 Å². The van der Waals surface area contributed by atoms with Gasteiger partial charge in [0.2, 0.25) is 5.95 Å². The van der Waals surface area contributed by atoms with E-state index in [-0.39, 0.29) is 0 Å². The third-order valence-electron chi connectivity index (χ3n) is 11.0. The van der Waals surface area contributed by atoms with Crippen LogP contribution in [-0.2, 0) is 0 Å². The van der Waals surface area contributed by atoms with Crippen LogP contribution in [0.5, 0.6) is 0 Å². The third kappa shape index (κ3) is 4.86. The molecule has 266 valence electrons. The molecular formula is C50H30N6O. The summed E-state index contributed by atoms with van der Waals surface area (Å²) in [4.78, 5) is 20.8. The van der Waals surface area contributed by atoms with Gasteiger partial charge in [-0.15, -0.1) is 0 Å². The zero-order valence-electron chi connectivity index (χ0n) is 30.4. The minimum atomic E-state index is 0.497. The lowest BCUT2D eigenvalue weighted by Crippen LogP contribution is -2.07. The number of benzene rings is 8. The predicted octanol–water partition coefficient (Wildman–Crippen LogP) is 12.4. The highest BCUT2D eigenvalue weighted by Crippen LogP contribution is 2.42. The average molecular weight is 731 g/mol. The van der Waals surface area contributed by atoms with Crippen molar-refractivity contribution in [1.82, 2.24) is 29.1 Å². The second-order valence-corrected chi connectivity index (χ2v) is 14.3. The molecule has 0 atom stereocenters. The molecular weight excluding hydrogens is 701 g/mol. The van der Waals surface area contributed by atoms with Gasteiger partial charge in [-0.25, -0.2) is 4.98 Å². The van der Waals surface area contributed by atoms with E-state index in [4.69, 9.17) is 24.4 Å². The summed E-state index contributed by atoms with van der Waals surface area (Å²) in [6.45, 7) is 0. The molecule has 0 unspecified atom stereocenters. The van der Waals surface area contributed by atoms with E-state index in [0.29, 0.717) is 23.6 Å². The van der Waals surface area contributed by atoms with Crippen molar-refractivity contribution >= 4 is 65.5 Å². The standard InChI is InChI=1S/C50H30N6O/c1-3-13-31(14-4-1)32-23-25-35(26-24-32)48-52-47(34-16-5-2-6-17-34)53-49(54-48)55-42-21-11-9-19-37(42)39-28-29-40-38-20-10-12-22-43(38)56(45(40)44(39)55)50-51-41-30-27-33-15-7-8-18-36(33)46(41)57-50/h1-30H. The monoisotopic (exact) mass is 730 g/mol. The molecule has 0 aliphatic carbocycles. The molecule has 4 aromatic heterocycles. The van der Waals surface area contributed by atoms with Crippen LogP contribution in [0.2, 0.25) is 0 Å². The van der Waals surface area contributed by atoms with Gasteiger partial charge in [0, 0.05) is 38.1 Å². The average Bonchev–Trinajstić information content (AvgIpc) is 3.97. The van der Waals surface area contributed by atoms with Gasteiger partial charge in [0.05, 0.1) is 22.1 Å². The SMILES string of the molecule is c1ccc(-c2ccc(-c3nc(-c4ccccc4)nc(-n4c5ccccc5c5ccc6c7ccccc7n(-c7nc8ccc9ccccc9c8o7)c6c54)n3)cc2)cc1. The molecule has 0 radical (unpaired) electrons. The van der Waals surface area contributed by atoms with E-state index in [1.165, 1.54) is 0 Å². The number of oxazole rings is 1. The summed E-state index contributed by atoms with van der Waals surface area (Å²) in [7, 11) is 0. The van der Waals surface area contributed by atoms with Gasteiger partial charge in [-0.1, -0.05) is 164 Å². The Labute approximate surface area is 325 Å². The fraction of sp³-hybridized carbons (Fsp3) is 0. The third-order valence-corrected chi connectivity index (χ3v) is 11.0. The number of hydrogen-bond acceptors (Lipinski definition) is 5. The first-order chi connectivity index (χ1) is 28.3. The Morgan fingerprint density at radius 1 is 0.351 bits per heavy atom. The fourth-order valence-corrected chi connectivity index (χ4v) is 8.40. The van der Waals surface area contributed by atoms with Crippen molar-refractivity contribution in [3.63, 3.8) is 0 Å². The lowest BCUT2D eigenvalue weighted by Gasteiger charge is -2.12.